The van der Waals surface area contributed by atoms with Gasteiger partial charge >= 0.3 is 0 Å². The first-order chi connectivity index (χ1) is 10.0. The number of hydrogen-bond acceptors (Lipinski definition) is 3. The molecule has 2 aromatic carbocycles. The molecule has 4 nitrogen and oxygen atoms in total. The molecule has 21 heavy (non-hydrogen) atoms. The van der Waals surface area contributed by atoms with Crippen molar-refractivity contribution in [3.63, 3.8) is 0 Å². The molecule has 0 amide bonds. The minimum Gasteiger partial charge on any atom is -0.489 e. The van der Waals surface area contributed by atoms with E-state index in [9.17, 15) is 8.42 Å². The standard InChI is InChI=1S/C15H14ClNO3S/c1-11-10-20-14-8-4-3-7-13(14)17(11)21(18,19)15-9-5-2-6-12(15)16/h2-9,11H,10H2,1H3. The summed E-state index contributed by atoms with van der Waals surface area (Å²) in [6.07, 6.45) is 0. The zero-order valence-electron chi connectivity index (χ0n) is 11.4. The SMILES string of the molecule is CC1COc2ccccc2N1S(=O)(=O)c1ccccc1Cl. The minimum atomic E-state index is -3.73. The van der Waals surface area contributed by atoms with Crippen molar-refractivity contribution in [1.29, 1.82) is 0 Å². The monoisotopic (exact) mass is 323 g/mol. The minimum absolute atomic E-state index is 0.107. The topological polar surface area (TPSA) is 46.6 Å². The zero-order valence-corrected chi connectivity index (χ0v) is 12.9. The van der Waals surface area contributed by atoms with Crippen LogP contribution in [-0.2, 0) is 10.0 Å². The Morgan fingerprint density at radius 2 is 1.81 bits per heavy atom. The molecule has 0 fully saturated rings. The van der Waals surface area contributed by atoms with Gasteiger partial charge in [0.05, 0.1) is 16.8 Å². The van der Waals surface area contributed by atoms with Crippen molar-refractivity contribution < 1.29 is 13.2 Å². The summed E-state index contributed by atoms with van der Waals surface area (Å²) in [4.78, 5) is 0.107. The lowest BCUT2D eigenvalue weighted by Crippen LogP contribution is -2.45. The van der Waals surface area contributed by atoms with E-state index in [-0.39, 0.29) is 16.0 Å². The van der Waals surface area contributed by atoms with E-state index in [0.717, 1.165) is 0 Å². The fraction of sp³-hybridized carbons (Fsp3) is 0.200. The predicted molar refractivity (Wildman–Crippen MR) is 82.5 cm³/mol. The van der Waals surface area contributed by atoms with Gasteiger partial charge in [0.15, 0.2) is 0 Å². The number of rotatable bonds is 2. The van der Waals surface area contributed by atoms with Crippen molar-refractivity contribution in [1.82, 2.24) is 0 Å². The van der Waals surface area contributed by atoms with Gasteiger partial charge in [0, 0.05) is 0 Å². The van der Waals surface area contributed by atoms with Gasteiger partial charge in [-0.3, -0.25) is 4.31 Å². The van der Waals surface area contributed by atoms with Gasteiger partial charge in [-0.05, 0) is 31.2 Å². The molecule has 6 heteroatoms. The van der Waals surface area contributed by atoms with Gasteiger partial charge in [0.25, 0.3) is 10.0 Å². The quantitative estimate of drug-likeness (QED) is 0.851. The van der Waals surface area contributed by atoms with Crippen LogP contribution in [0.1, 0.15) is 6.92 Å². The molecule has 2 aromatic rings. The molecule has 0 bridgehead atoms. The van der Waals surface area contributed by atoms with E-state index in [0.29, 0.717) is 18.0 Å². The lowest BCUT2D eigenvalue weighted by molar-refractivity contribution is 0.281. The number of fused-ring (bicyclic) bond motifs is 1. The van der Waals surface area contributed by atoms with Crippen molar-refractivity contribution in [3.8, 4) is 5.75 Å². The molecule has 110 valence electrons. The molecular formula is C15H14ClNO3S. The number of halogens is 1. The average Bonchev–Trinajstić information content (AvgIpc) is 2.47. The van der Waals surface area contributed by atoms with Gasteiger partial charge in [0.2, 0.25) is 0 Å². The Labute approximate surface area is 129 Å². The van der Waals surface area contributed by atoms with Crippen LogP contribution < -0.4 is 9.04 Å². The Hall–Kier alpha value is -1.72. The number of ether oxygens (including phenoxy) is 1. The van der Waals surface area contributed by atoms with E-state index in [4.69, 9.17) is 16.3 Å². The Morgan fingerprint density at radius 3 is 2.57 bits per heavy atom. The number of sulfonamides is 1. The van der Waals surface area contributed by atoms with Gasteiger partial charge in [-0.1, -0.05) is 35.9 Å². The molecule has 0 spiro atoms. The second-order valence-corrected chi connectivity index (χ2v) is 7.05. The van der Waals surface area contributed by atoms with Gasteiger partial charge in [-0.15, -0.1) is 0 Å². The molecule has 0 aromatic heterocycles. The fourth-order valence-corrected chi connectivity index (χ4v) is 4.55. The number of para-hydroxylation sites is 2. The second kappa shape index (κ2) is 5.24. The van der Waals surface area contributed by atoms with E-state index in [2.05, 4.69) is 0 Å². The van der Waals surface area contributed by atoms with Crippen LogP contribution in [0.15, 0.2) is 53.4 Å². The van der Waals surface area contributed by atoms with Gasteiger partial charge in [-0.2, -0.15) is 0 Å². The van der Waals surface area contributed by atoms with Crippen molar-refractivity contribution in [2.75, 3.05) is 10.9 Å². The first-order valence-electron chi connectivity index (χ1n) is 6.52. The summed E-state index contributed by atoms with van der Waals surface area (Å²) in [5.41, 5.74) is 0.538. The molecule has 0 radical (unpaired) electrons. The van der Waals surface area contributed by atoms with Crippen LogP contribution in [0.5, 0.6) is 5.75 Å². The normalized spacial score (nSPS) is 18.0. The Bertz CT molecular complexity index is 776. The zero-order chi connectivity index (χ0) is 15.0. The van der Waals surface area contributed by atoms with Crippen molar-refractivity contribution in [3.05, 3.63) is 53.6 Å². The highest BCUT2D eigenvalue weighted by Crippen LogP contribution is 2.38. The lowest BCUT2D eigenvalue weighted by Gasteiger charge is -2.35. The second-order valence-electron chi connectivity index (χ2n) is 4.86. The lowest BCUT2D eigenvalue weighted by atomic mass is 10.2. The van der Waals surface area contributed by atoms with Crippen LogP contribution in [0.4, 0.5) is 5.69 Å². The predicted octanol–water partition coefficient (Wildman–Crippen LogP) is 3.32. The van der Waals surface area contributed by atoms with Gasteiger partial charge < -0.3 is 4.74 Å². The largest absolute Gasteiger partial charge is 0.489 e. The number of benzene rings is 2. The van der Waals surface area contributed by atoms with Crippen LogP contribution in [-0.4, -0.2) is 21.1 Å². The Kier molecular flexibility index (Phi) is 3.55. The molecule has 1 heterocycles. The fourth-order valence-electron chi connectivity index (χ4n) is 2.40. The van der Waals surface area contributed by atoms with Crippen LogP contribution in [0.25, 0.3) is 0 Å². The van der Waals surface area contributed by atoms with Crippen molar-refractivity contribution in [2.24, 2.45) is 0 Å². The maximum Gasteiger partial charge on any atom is 0.266 e. The Morgan fingerprint density at radius 1 is 1.14 bits per heavy atom. The first kappa shape index (κ1) is 14.2. The molecule has 3 rings (SSSR count). The van der Waals surface area contributed by atoms with E-state index in [1.165, 1.54) is 10.4 Å². The highest BCUT2D eigenvalue weighted by Gasteiger charge is 2.35. The Balaban J connectivity index is 2.17. The van der Waals surface area contributed by atoms with Crippen LogP contribution in [0.3, 0.4) is 0 Å². The molecular weight excluding hydrogens is 310 g/mol. The highest BCUT2D eigenvalue weighted by molar-refractivity contribution is 7.93. The van der Waals surface area contributed by atoms with Crippen molar-refractivity contribution >= 4 is 27.3 Å². The number of nitrogens with zero attached hydrogens (tertiary/aromatic N) is 1. The molecule has 1 atom stereocenters. The van der Waals surface area contributed by atoms with E-state index in [1.807, 2.05) is 13.0 Å². The van der Waals surface area contributed by atoms with Crippen LogP contribution in [0.2, 0.25) is 5.02 Å². The molecule has 1 aliphatic rings. The van der Waals surface area contributed by atoms with Crippen LogP contribution >= 0.6 is 11.6 Å². The third kappa shape index (κ3) is 2.36. The molecule has 0 saturated heterocycles. The molecule has 0 N–H and O–H groups in total. The van der Waals surface area contributed by atoms with Gasteiger partial charge in [-0.25, -0.2) is 8.42 Å². The summed E-state index contributed by atoms with van der Waals surface area (Å²) in [7, 11) is -3.73. The summed E-state index contributed by atoms with van der Waals surface area (Å²) in [5, 5.41) is 0.216. The van der Waals surface area contributed by atoms with E-state index in [1.54, 1.807) is 36.4 Å². The van der Waals surface area contributed by atoms with E-state index >= 15 is 0 Å². The average molecular weight is 324 g/mol. The van der Waals surface area contributed by atoms with Crippen LogP contribution in [0, 0.1) is 0 Å². The summed E-state index contributed by atoms with van der Waals surface area (Å²) in [6, 6.07) is 13.3. The van der Waals surface area contributed by atoms with Gasteiger partial charge in [0.1, 0.15) is 17.3 Å². The third-order valence-corrected chi connectivity index (χ3v) is 5.78. The highest BCUT2D eigenvalue weighted by atomic mass is 35.5. The number of hydrogen-bond donors (Lipinski definition) is 0. The molecule has 1 unspecified atom stereocenters. The molecule has 0 aliphatic carbocycles. The summed E-state index contributed by atoms with van der Waals surface area (Å²) >= 11 is 6.07. The first-order valence-corrected chi connectivity index (χ1v) is 8.34. The maximum absolute atomic E-state index is 13.0. The smallest absolute Gasteiger partial charge is 0.266 e. The number of anilines is 1. The van der Waals surface area contributed by atoms with E-state index < -0.39 is 10.0 Å². The van der Waals surface area contributed by atoms with Crippen molar-refractivity contribution in [2.45, 2.75) is 17.9 Å². The summed E-state index contributed by atoms with van der Waals surface area (Å²) in [6.45, 7) is 2.12. The summed E-state index contributed by atoms with van der Waals surface area (Å²) < 4.78 is 32.9. The third-order valence-electron chi connectivity index (χ3n) is 3.36. The molecule has 0 saturated carbocycles. The summed E-state index contributed by atoms with van der Waals surface area (Å²) in [5.74, 6) is 0.561. The molecule has 1 aliphatic heterocycles. The maximum atomic E-state index is 13.0.